The van der Waals surface area contributed by atoms with Crippen molar-refractivity contribution in [3.8, 4) is 11.8 Å². The molecule has 1 aliphatic carbocycles. The summed E-state index contributed by atoms with van der Waals surface area (Å²) in [5.41, 5.74) is 1.32. The minimum absolute atomic E-state index is 0.217. The fourth-order valence-electron chi connectivity index (χ4n) is 3.36. The van der Waals surface area contributed by atoms with Crippen LogP contribution >= 0.6 is 0 Å². The van der Waals surface area contributed by atoms with E-state index in [4.69, 9.17) is 14.9 Å². The molecule has 0 amide bonds. The molecule has 2 aromatic heterocycles. The van der Waals surface area contributed by atoms with Crippen LogP contribution in [0.2, 0.25) is 0 Å². The average molecular weight is 386 g/mol. The van der Waals surface area contributed by atoms with Gasteiger partial charge >= 0.3 is 5.97 Å². The summed E-state index contributed by atoms with van der Waals surface area (Å²) in [5, 5.41) is 15.2. The van der Waals surface area contributed by atoms with Crippen LogP contribution in [-0.4, -0.2) is 52.2 Å². The monoisotopic (exact) mass is 386 g/mol. The highest BCUT2D eigenvalue weighted by atomic mass is 16.5. The molecule has 3 rings (SSSR count). The van der Waals surface area contributed by atoms with Gasteiger partial charge in [0.1, 0.15) is 11.4 Å². The molecule has 0 aromatic carbocycles. The number of carbonyl (C=O) groups excluding carboxylic acids is 1. The van der Waals surface area contributed by atoms with Gasteiger partial charge in [-0.05, 0) is 25.7 Å². The number of nitrogens with one attached hydrogen (secondary N) is 2. The summed E-state index contributed by atoms with van der Waals surface area (Å²) in [6, 6.07) is 0. The van der Waals surface area contributed by atoms with Crippen molar-refractivity contribution in [2.75, 3.05) is 25.6 Å². The normalized spacial score (nSPS) is 14.5. The van der Waals surface area contributed by atoms with Gasteiger partial charge in [0.15, 0.2) is 0 Å². The second kappa shape index (κ2) is 9.29. The van der Waals surface area contributed by atoms with Crippen molar-refractivity contribution in [3.05, 3.63) is 23.7 Å². The van der Waals surface area contributed by atoms with Crippen molar-refractivity contribution < 1.29 is 14.3 Å². The second-order valence-corrected chi connectivity index (χ2v) is 6.72. The molecule has 1 aliphatic rings. The maximum Gasteiger partial charge on any atom is 0.341 e. The molecular formula is C19H26N6O3. The Hall–Kier alpha value is -2.97. The molecule has 0 saturated heterocycles. The van der Waals surface area contributed by atoms with Gasteiger partial charge in [0.2, 0.25) is 5.88 Å². The summed E-state index contributed by atoms with van der Waals surface area (Å²) in [5.74, 6) is 0.704. The summed E-state index contributed by atoms with van der Waals surface area (Å²) in [7, 11) is 1.53. The smallest absolute Gasteiger partial charge is 0.341 e. The number of aromatic nitrogens is 4. The van der Waals surface area contributed by atoms with Crippen LogP contribution in [0.1, 0.15) is 55.1 Å². The number of anilines is 1. The molecule has 1 saturated carbocycles. The minimum Gasteiger partial charge on any atom is -0.479 e. The van der Waals surface area contributed by atoms with Gasteiger partial charge in [-0.25, -0.2) is 14.5 Å². The van der Waals surface area contributed by atoms with Crippen LogP contribution in [-0.2, 0) is 4.74 Å². The van der Waals surface area contributed by atoms with Gasteiger partial charge in [0.05, 0.1) is 25.5 Å². The Labute approximate surface area is 164 Å². The van der Waals surface area contributed by atoms with Gasteiger partial charge < -0.3 is 20.2 Å². The van der Waals surface area contributed by atoms with Crippen molar-refractivity contribution in [1.82, 2.24) is 19.7 Å². The van der Waals surface area contributed by atoms with Crippen LogP contribution in [0.25, 0.3) is 5.95 Å². The van der Waals surface area contributed by atoms with E-state index in [9.17, 15) is 4.79 Å². The molecule has 0 spiro atoms. The Bertz CT molecular complexity index is 829. The molecule has 2 N–H and O–H groups in total. The lowest BCUT2D eigenvalue weighted by atomic mass is 9.89. The van der Waals surface area contributed by atoms with Gasteiger partial charge in [-0.3, -0.25) is 0 Å². The predicted octanol–water partition coefficient (Wildman–Crippen LogP) is 2.84. The zero-order valence-corrected chi connectivity index (χ0v) is 16.3. The molecule has 1 fully saturated rings. The molecule has 28 heavy (non-hydrogen) atoms. The SMILES string of the molecule is CCOC(=O)c1cnn(-c2nc(C=N)c(NCC3CCCCC3)c(OC)n2)c1. The number of methoxy groups -OCH3 is 1. The van der Waals surface area contributed by atoms with Crippen LogP contribution < -0.4 is 10.1 Å². The van der Waals surface area contributed by atoms with Crippen molar-refractivity contribution in [3.63, 3.8) is 0 Å². The summed E-state index contributed by atoms with van der Waals surface area (Å²) in [6.07, 6.45) is 10.3. The quantitative estimate of drug-likeness (QED) is 0.529. The van der Waals surface area contributed by atoms with E-state index in [-0.39, 0.29) is 12.6 Å². The Morgan fingerprint density at radius 2 is 2.14 bits per heavy atom. The second-order valence-electron chi connectivity index (χ2n) is 6.72. The van der Waals surface area contributed by atoms with Crippen molar-refractivity contribution in [1.29, 1.82) is 5.41 Å². The minimum atomic E-state index is -0.459. The van der Waals surface area contributed by atoms with Crippen LogP contribution in [0, 0.1) is 11.3 Å². The molecular weight excluding hydrogens is 360 g/mol. The van der Waals surface area contributed by atoms with E-state index in [1.165, 1.54) is 56.3 Å². The Morgan fingerprint density at radius 3 is 2.82 bits per heavy atom. The largest absolute Gasteiger partial charge is 0.479 e. The lowest BCUT2D eigenvalue weighted by Crippen LogP contribution is -2.19. The Morgan fingerprint density at radius 1 is 1.36 bits per heavy atom. The van der Waals surface area contributed by atoms with Gasteiger partial charge in [-0.1, -0.05) is 19.3 Å². The third kappa shape index (κ3) is 4.47. The lowest BCUT2D eigenvalue weighted by Gasteiger charge is -2.23. The van der Waals surface area contributed by atoms with Crippen LogP contribution in [0.4, 0.5) is 5.69 Å². The summed E-state index contributed by atoms with van der Waals surface area (Å²) >= 11 is 0. The first-order valence-electron chi connectivity index (χ1n) is 9.58. The van der Waals surface area contributed by atoms with E-state index in [2.05, 4.69) is 20.4 Å². The topological polar surface area (TPSA) is 115 Å². The number of rotatable bonds is 8. The molecule has 150 valence electrons. The van der Waals surface area contributed by atoms with Gasteiger partial charge in [-0.2, -0.15) is 10.1 Å². The van der Waals surface area contributed by atoms with Crippen molar-refractivity contribution in [2.45, 2.75) is 39.0 Å². The van der Waals surface area contributed by atoms with Gasteiger partial charge in [0.25, 0.3) is 5.95 Å². The van der Waals surface area contributed by atoms with Crippen LogP contribution in [0.5, 0.6) is 5.88 Å². The van der Waals surface area contributed by atoms with E-state index >= 15 is 0 Å². The van der Waals surface area contributed by atoms with E-state index in [0.717, 1.165) is 12.8 Å². The zero-order chi connectivity index (χ0) is 19.9. The first kappa shape index (κ1) is 19.8. The highest BCUT2D eigenvalue weighted by molar-refractivity contribution is 5.89. The third-order valence-electron chi connectivity index (χ3n) is 4.81. The summed E-state index contributed by atoms with van der Waals surface area (Å²) in [6.45, 7) is 2.83. The standard InChI is InChI=1S/C19H26N6O3/c1-3-28-18(26)14-11-22-25(12-14)19-23-15(9-20)16(17(24-19)27-2)21-10-13-7-5-4-6-8-13/h9,11-13,20-21H,3-8,10H2,1-2H3. The molecule has 9 heteroatoms. The Balaban J connectivity index is 1.84. The van der Waals surface area contributed by atoms with Gasteiger partial charge in [-0.15, -0.1) is 0 Å². The zero-order valence-electron chi connectivity index (χ0n) is 16.3. The molecule has 0 unspecified atom stereocenters. The fourth-order valence-corrected chi connectivity index (χ4v) is 3.36. The molecule has 0 aliphatic heterocycles. The number of hydrogen-bond donors (Lipinski definition) is 2. The van der Waals surface area contributed by atoms with Crippen LogP contribution in [0.3, 0.4) is 0 Å². The third-order valence-corrected chi connectivity index (χ3v) is 4.81. The van der Waals surface area contributed by atoms with Crippen LogP contribution in [0.15, 0.2) is 12.4 Å². The van der Waals surface area contributed by atoms with E-state index in [1.807, 2.05) is 0 Å². The Kier molecular flexibility index (Phi) is 6.57. The maximum absolute atomic E-state index is 11.8. The lowest BCUT2D eigenvalue weighted by molar-refractivity contribution is 0.0526. The molecule has 9 nitrogen and oxygen atoms in total. The number of hydrogen-bond acceptors (Lipinski definition) is 8. The molecule has 0 atom stereocenters. The average Bonchev–Trinajstić information content (AvgIpc) is 3.23. The predicted molar refractivity (Wildman–Crippen MR) is 105 cm³/mol. The number of carbonyl (C=O) groups is 1. The van der Waals surface area contributed by atoms with E-state index < -0.39 is 5.97 Å². The van der Waals surface area contributed by atoms with E-state index in [0.29, 0.717) is 28.7 Å². The molecule has 0 bridgehead atoms. The molecule has 2 aromatic rings. The first-order chi connectivity index (χ1) is 13.7. The summed E-state index contributed by atoms with van der Waals surface area (Å²) in [4.78, 5) is 20.6. The number of ether oxygens (including phenoxy) is 2. The van der Waals surface area contributed by atoms with E-state index in [1.54, 1.807) is 6.92 Å². The molecule has 0 radical (unpaired) electrons. The maximum atomic E-state index is 11.8. The molecule has 2 heterocycles. The first-order valence-corrected chi connectivity index (χ1v) is 9.58. The van der Waals surface area contributed by atoms with Crippen molar-refractivity contribution in [2.24, 2.45) is 5.92 Å². The number of nitrogens with zero attached hydrogens (tertiary/aromatic N) is 4. The van der Waals surface area contributed by atoms with Crippen molar-refractivity contribution >= 4 is 17.9 Å². The summed E-state index contributed by atoms with van der Waals surface area (Å²) < 4.78 is 11.8. The number of esters is 1. The van der Waals surface area contributed by atoms with Gasteiger partial charge in [0, 0.05) is 19.0 Å². The fraction of sp³-hybridized carbons (Fsp3) is 0.526. The highest BCUT2D eigenvalue weighted by Gasteiger charge is 2.19. The highest BCUT2D eigenvalue weighted by Crippen LogP contribution is 2.28.